The Labute approximate surface area is 102 Å². The van der Waals surface area contributed by atoms with E-state index in [1.807, 2.05) is 24.3 Å². The van der Waals surface area contributed by atoms with Gasteiger partial charge in [-0.15, -0.1) is 0 Å². The van der Waals surface area contributed by atoms with Crippen LogP contribution in [-0.4, -0.2) is 15.1 Å². The van der Waals surface area contributed by atoms with E-state index < -0.39 is 4.92 Å². The van der Waals surface area contributed by atoms with Gasteiger partial charge in [0.15, 0.2) is 0 Å². The van der Waals surface area contributed by atoms with Gasteiger partial charge in [0.05, 0.1) is 16.1 Å². The standard InChI is InChI=1S/C13H9N3O2/c17-16(18)10-7-5-9(6-8-10)13-11-3-1-2-4-12(11)14-15-13/h1-8H,(H,14,15). The quantitative estimate of drug-likeness (QED) is 0.551. The third kappa shape index (κ3) is 1.62. The molecular weight excluding hydrogens is 230 g/mol. The smallest absolute Gasteiger partial charge is 0.269 e. The van der Waals surface area contributed by atoms with Gasteiger partial charge in [0, 0.05) is 23.1 Å². The summed E-state index contributed by atoms with van der Waals surface area (Å²) in [5, 5.41) is 18.8. The molecule has 1 aromatic heterocycles. The van der Waals surface area contributed by atoms with Crippen LogP contribution in [0.25, 0.3) is 22.2 Å². The van der Waals surface area contributed by atoms with E-state index in [4.69, 9.17) is 0 Å². The van der Waals surface area contributed by atoms with Gasteiger partial charge in [-0.2, -0.15) is 5.10 Å². The number of para-hydroxylation sites is 1. The Hall–Kier alpha value is -2.69. The maximum atomic E-state index is 10.6. The Morgan fingerprint density at radius 1 is 1.06 bits per heavy atom. The monoisotopic (exact) mass is 239 g/mol. The van der Waals surface area contributed by atoms with E-state index in [1.165, 1.54) is 12.1 Å². The summed E-state index contributed by atoms with van der Waals surface area (Å²) >= 11 is 0. The zero-order chi connectivity index (χ0) is 12.5. The summed E-state index contributed by atoms with van der Waals surface area (Å²) in [4.78, 5) is 10.2. The molecule has 0 radical (unpaired) electrons. The molecule has 0 bridgehead atoms. The molecule has 2 aromatic carbocycles. The largest absolute Gasteiger partial charge is 0.277 e. The summed E-state index contributed by atoms with van der Waals surface area (Å²) in [7, 11) is 0. The first-order chi connectivity index (χ1) is 8.75. The van der Waals surface area contributed by atoms with Gasteiger partial charge in [-0.25, -0.2) is 0 Å². The third-order valence-electron chi connectivity index (χ3n) is 2.82. The molecule has 3 aromatic rings. The maximum Gasteiger partial charge on any atom is 0.269 e. The number of hydrogen-bond acceptors (Lipinski definition) is 3. The molecule has 88 valence electrons. The van der Waals surface area contributed by atoms with Gasteiger partial charge in [0.1, 0.15) is 0 Å². The lowest BCUT2D eigenvalue weighted by Crippen LogP contribution is -1.87. The summed E-state index contributed by atoms with van der Waals surface area (Å²) in [6.07, 6.45) is 0. The molecule has 0 saturated carbocycles. The number of aromatic amines is 1. The van der Waals surface area contributed by atoms with Gasteiger partial charge < -0.3 is 0 Å². The summed E-state index contributed by atoms with van der Waals surface area (Å²) in [5.41, 5.74) is 2.70. The van der Waals surface area contributed by atoms with Crippen LogP contribution >= 0.6 is 0 Å². The van der Waals surface area contributed by atoms with E-state index in [2.05, 4.69) is 10.2 Å². The highest BCUT2D eigenvalue weighted by Gasteiger charge is 2.09. The molecule has 0 aliphatic heterocycles. The molecule has 3 rings (SSSR count). The SMILES string of the molecule is O=[N+]([O-])c1ccc(-c2n[nH]c3ccccc23)cc1. The Bertz CT molecular complexity index is 716. The van der Waals surface area contributed by atoms with Crippen LogP contribution < -0.4 is 0 Å². The molecule has 5 heteroatoms. The van der Waals surface area contributed by atoms with Gasteiger partial charge in [-0.05, 0) is 18.2 Å². The average Bonchev–Trinajstić information content (AvgIpc) is 2.82. The van der Waals surface area contributed by atoms with Gasteiger partial charge in [-0.3, -0.25) is 15.2 Å². The Kier molecular flexibility index (Phi) is 2.30. The first-order valence-electron chi connectivity index (χ1n) is 5.43. The predicted molar refractivity (Wildman–Crippen MR) is 68.2 cm³/mol. The molecule has 0 atom stereocenters. The molecule has 18 heavy (non-hydrogen) atoms. The number of nitrogens with one attached hydrogen (secondary N) is 1. The summed E-state index contributed by atoms with van der Waals surface area (Å²) < 4.78 is 0. The fourth-order valence-electron chi connectivity index (χ4n) is 1.92. The second-order valence-corrected chi connectivity index (χ2v) is 3.92. The minimum atomic E-state index is -0.410. The van der Waals surface area contributed by atoms with Gasteiger partial charge in [0.25, 0.3) is 5.69 Å². The minimum Gasteiger partial charge on any atom is -0.277 e. The highest BCUT2D eigenvalue weighted by Crippen LogP contribution is 2.27. The van der Waals surface area contributed by atoms with Crippen molar-refractivity contribution < 1.29 is 4.92 Å². The summed E-state index contributed by atoms with van der Waals surface area (Å²) in [6, 6.07) is 14.2. The van der Waals surface area contributed by atoms with E-state index in [-0.39, 0.29) is 5.69 Å². The zero-order valence-corrected chi connectivity index (χ0v) is 9.33. The fraction of sp³-hybridized carbons (Fsp3) is 0. The number of H-pyrrole nitrogens is 1. The lowest BCUT2D eigenvalue weighted by molar-refractivity contribution is -0.384. The predicted octanol–water partition coefficient (Wildman–Crippen LogP) is 3.14. The third-order valence-corrected chi connectivity index (χ3v) is 2.82. The maximum absolute atomic E-state index is 10.6. The van der Waals surface area contributed by atoms with Gasteiger partial charge in [-0.1, -0.05) is 18.2 Å². The van der Waals surface area contributed by atoms with Gasteiger partial charge >= 0.3 is 0 Å². The molecule has 5 nitrogen and oxygen atoms in total. The van der Waals surface area contributed by atoms with E-state index >= 15 is 0 Å². The van der Waals surface area contributed by atoms with Crippen LogP contribution in [0.5, 0.6) is 0 Å². The fourth-order valence-corrected chi connectivity index (χ4v) is 1.92. The normalized spacial score (nSPS) is 10.7. The van der Waals surface area contributed by atoms with Crippen molar-refractivity contribution in [2.45, 2.75) is 0 Å². The number of aromatic nitrogens is 2. The Balaban J connectivity index is 2.12. The second kappa shape index (κ2) is 3.96. The molecule has 0 amide bonds. The van der Waals surface area contributed by atoms with Crippen molar-refractivity contribution in [2.75, 3.05) is 0 Å². The Morgan fingerprint density at radius 3 is 2.50 bits per heavy atom. The number of nitrogens with zero attached hydrogens (tertiary/aromatic N) is 2. The molecule has 0 aliphatic carbocycles. The number of non-ortho nitro benzene ring substituents is 1. The van der Waals surface area contributed by atoms with Crippen molar-refractivity contribution in [1.82, 2.24) is 10.2 Å². The van der Waals surface area contributed by atoms with Crippen LogP contribution in [0.15, 0.2) is 48.5 Å². The number of benzene rings is 2. The molecule has 0 fully saturated rings. The van der Waals surface area contributed by atoms with E-state index in [1.54, 1.807) is 12.1 Å². The number of nitro benzene ring substituents is 1. The van der Waals surface area contributed by atoms with Crippen molar-refractivity contribution in [2.24, 2.45) is 0 Å². The first-order valence-corrected chi connectivity index (χ1v) is 5.43. The summed E-state index contributed by atoms with van der Waals surface area (Å²) in [6.45, 7) is 0. The van der Waals surface area contributed by atoms with Crippen LogP contribution in [0.3, 0.4) is 0 Å². The molecule has 1 N–H and O–H groups in total. The molecule has 0 saturated heterocycles. The van der Waals surface area contributed by atoms with Crippen molar-refractivity contribution in [1.29, 1.82) is 0 Å². The topological polar surface area (TPSA) is 71.8 Å². The van der Waals surface area contributed by atoms with Crippen LogP contribution in [0, 0.1) is 10.1 Å². The highest BCUT2D eigenvalue weighted by atomic mass is 16.6. The molecule has 0 aliphatic rings. The molecule has 1 heterocycles. The van der Waals surface area contributed by atoms with Crippen LogP contribution in [-0.2, 0) is 0 Å². The van der Waals surface area contributed by atoms with Crippen LogP contribution in [0.2, 0.25) is 0 Å². The Morgan fingerprint density at radius 2 is 1.78 bits per heavy atom. The first kappa shape index (κ1) is 10.5. The van der Waals surface area contributed by atoms with Crippen molar-refractivity contribution in [3.05, 3.63) is 58.6 Å². The average molecular weight is 239 g/mol. The zero-order valence-electron chi connectivity index (χ0n) is 9.33. The van der Waals surface area contributed by atoms with Crippen molar-refractivity contribution in [3.63, 3.8) is 0 Å². The molecule has 0 spiro atoms. The highest BCUT2D eigenvalue weighted by molar-refractivity contribution is 5.92. The van der Waals surface area contributed by atoms with E-state index in [0.29, 0.717) is 0 Å². The summed E-state index contributed by atoms with van der Waals surface area (Å²) in [5.74, 6) is 0. The van der Waals surface area contributed by atoms with E-state index in [9.17, 15) is 10.1 Å². The van der Waals surface area contributed by atoms with Crippen molar-refractivity contribution in [3.8, 4) is 11.3 Å². The van der Waals surface area contributed by atoms with E-state index in [0.717, 1.165) is 22.2 Å². The van der Waals surface area contributed by atoms with Crippen LogP contribution in [0.4, 0.5) is 5.69 Å². The van der Waals surface area contributed by atoms with Crippen LogP contribution in [0.1, 0.15) is 0 Å². The molecule has 0 unspecified atom stereocenters. The minimum absolute atomic E-state index is 0.0820. The lowest BCUT2D eigenvalue weighted by atomic mass is 10.1. The van der Waals surface area contributed by atoms with Crippen molar-refractivity contribution >= 4 is 16.6 Å². The lowest BCUT2D eigenvalue weighted by Gasteiger charge is -1.97. The van der Waals surface area contributed by atoms with Gasteiger partial charge in [0.2, 0.25) is 0 Å². The molecular formula is C13H9N3O2. The number of rotatable bonds is 2. The second-order valence-electron chi connectivity index (χ2n) is 3.92. The number of hydrogen-bond donors (Lipinski definition) is 1. The number of nitro groups is 1. The number of fused-ring (bicyclic) bond motifs is 1.